The van der Waals surface area contributed by atoms with E-state index in [0.29, 0.717) is 17.6 Å². The van der Waals surface area contributed by atoms with Crippen LogP contribution in [0, 0.1) is 0 Å². The molecule has 3 aromatic heterocycles. The standard InChI is InChI=1S/C13H16N6O/c1-17-8-10(6-15-17)4-3-5-19-9-14-12-11(13(19)20)7-16-18(12)2/h6-9H,3-5H2,1-2H3. The Morgan fingerprint density at radius 1 is 1.20 bits per heavy atom. The van der Waals surface area contributed by atoms with Crippen LogP contribution in [0.2, 0.25) is 0 Å². The molecule has 7 heteroatoms. The average Bonchev–Trinajstić information content (AvgIpc) is 3.00. The van der Waals surface area contributed by atoms with Gasteiger partial charge in [0.1, 0.15) is 5.39 Å². The van der Waals surface area contributed by atoms with Crippen molar-refractivity contribution in [3.8, 4) is 0 Å². The molecule has 0 unspecified atom stereocenters. The van der Waals surface area contributed by atoms with Gasteiger partial charge in [-0.05, 0) is 18.4 Å². The first kappa shape index (κ1) is 12.6. The van der Waals surface area contributed by atoms with E-state index in [2.05, 4.69) is 15.2 Å². The van der Waals surface area contributed by atoms with E-state index in [1.54, 1.807) is 33.5 Å². The van der Waals surface area contributed by atoms with Gasteiger partial charge in [-0.25, -0.2) is 4.98 Å². The molecule has 0 fully saturated rings. The van der Waals surface area contributed by atoms with Gasteiger partial charge >= 0.3 is 0 Å². The minimum Gasteiger partial charge on any atom is -0.299 e. The van der Waals surface area contributed by atoms with Crippen molar-refractivity contribution in [2.24, 2.45) is 14.1 Å². The van der Waals surface area contributed by atoms with Gasteiger partial charge in [0.25, 0.3) is 5.56 Å². The lowest BCUT2D eigenvalue weighted by molar-refractivity contribution is 0.616. The molecule has 0 bridgehead atoms. The van der Waals surface area contributed by atoms with Crippen molar-refractivity contribution in [3.05, 3.63) is 40.8 Å². The first-order chi connectivity index (χ1) is 9.65. The number of hydrogen-bond donors (Lipinski definition) is 0. The smallest absolute Gasteiger partial charge is 0.264 e. The van der Waals surface area contributed by atoms with Gasteiger partial charge < -0.3 is 0 Å². The Morgan fingerprint density at radius 2 is 2.05 bits per heavy atom. The maximum absolute atomic E-state index is 12.2. The van der Waals surface area contributed by atoms with Crippen LogP contribution >= 0.6 is 0 Å². The number of fused-ring (bicyclic) bond motifs is 1. The van der Waals surface area contributed by atoms with Crippen LogP contribution in [0.3, 0.4) is 0 Å². The Morgan fingerprint density at radius 3 is 2.80 bits per heavy atom. The minimum atomic E-state index is -0.0331. The highest BCUT2D eigenvalue weighted by atomic mass is 16.1. The van der Waals surface area contributed by atoms with Gasteiger partial charge in [-0.1, -0.05) is 0 Å². The number of rotatable bonds is 4. The molecule has 0 saturated carbocycles. The van der Waals surface area contributed by atoms with Gasteiger partial charge in [0.15, 0.2) is 5.65 Å². The third-order valence-corrected chi connectivity index (χ3v) is 3.34. The quantitative estimate of drug-likeness (QED) is 0.693. The molecular formula is C13H16N6O. The van der Waals surface area contributed by atoms with E-state index in [1.165, 1.54) is 5.56 Å². The maximum atomic E-state index is 12.2. The minimum absolute atomic E-state index is 0.0331. The van der Waals surface area contributed by atoms with Crippen molar-refractivity contribution >= 4 is 11.0 Å². The fraction of sp³-hybridized carbons (Fsp3) is 0.385. The third-order valence-electron chi connectivity index (χ3n) is 3.34. The van der Waals surface area contributed by atoms with Crippen molar-refractivity contribution in [3.63, 3.8) is 0 Å². The molecule has 104 valence electrons. The van der Waals surface area contributed by atoms with E-state index in [0.717, 1.165) is 12.8 Å². The monoisotopic (exact) mass is 272 g/mol. The van der Waals surface area contributed by atoms with Crippen LogP contribution in [-0.2, 0) is 27.1 Å². The van der Waals surface area contributed by atoms with Crippen LogP contribution < -0.4 is 5.56 Å². The first-order valence-corrected chi connectivity index (χ1v) is 6.50. The van der Waals surface area contributed by atoms with Crippen molar-refractivity contribution < 1.29 is 0 Å². The Balaban J connectivity index is 1.74. The molecule has 3 aromatic rings. The summed E-state index contributed by atoms with van der Waals surface area (Å²) in [6.45, 7) is 0.644. The van der Waals surface area contributed by atoms with E-state index in [4.69, 9.17) is 0 Å². The molecule has 0 atom stereocenters. The van der Waals surface area contributed by atoms with Crippen LogP contribution in [0.15, 0.2) is 29.7 Å². The summed E-state index contributed by atoms with van der Waals surface area (Å²) < 4.78 is 5.03. The molecule has 3 rings (SSSR count). The lowest BCUT2D eigenvalue weighted by atomic mass is 10.2. The Bertz CT molecular complexity index is 797. The molecule has 0 N–H and O–H groups in total. The average molecular weight is 272 g/mol. The summed E-state index contributed by atoms with van der Waals surface area (Å²) in [5.41, 5.74) is 1.77. The number of aryl methyl sites for hydroxylation is 4. The first-order valence-electron chi connectivity index (χ1n) is 6.50. The molecule has 0 spiro atoms. The molecule has 3 heterocycles. The molecule has 0 aliphatic rings. The van der Waals surface area contributed by atoms with Crippen LogP contribution in [0.1, 0.15) is 12.0 Å². The fourth-order valence-electron chi connectivity index (χ4n) is 2.28. The zero-order valence-corrected chi connectivity index (χ0v) is 11.5. The predicted molar refractivity (Wildman–Crippen MR) is 74.3 cm³/mol. The SMILES string of the molecule is Cn1cc(CCCn2cnc3c(cnn3C)c2=O)cn1. The lowest BCUT2D eigenvalue weighted by Crippen LogP contribution is -2.20. The molecule has 0 amide bonds. The van der Waals surface area contributed by atoms with E-state index >= 15 is 0 Å². The van der Waals surface area contributed by atoms with Crippen LogP contribution in [0.5, 0.6) is 0 Å². The summed E-state index contributed by atoms with van der Waals surface area (Å²) in [5, 5.41) is 8.75. The summed E-state index contributed by atoms with van der Waals surface area (Å²) in [5.74, 6) is 0. The summed E-state index contributed by atoms with van der Waals surface area (Å²) in [7, 11) is 3.68. The molecule has 0 saturated heterocycles. The predicted octanol–water partition coefficient (Wildman–Crippen LogP) is 0.496. The zero-order chi connectivity index (χ0) is 14.1. The molecular weight excluding hydrogens is 256 g/mol. The van der Waals surface area contributed by atoms with Crippen molar-refractivity contribution in [2.45, 2.75) is 19.4 Å². The van der Waals surface area contributed by atoms with Crippen molar-refractivity contribution in [1.29, 1.82) is 0 Å². The molecule has 0 aromatic carbocycles. The topological polar surface area (TPSA) is 70.5 Å². The summed E-state index contributed by atoms with van der Waals surface area (Å²) in [6.07, 6.45) is 8.78. The van der Waals surface area contributed by atoms with E-state index in [9.17, 15) is 4.79 Å². The van der Waals surface area contributed by atoms with Gasteiger partial charge in [-0.3, -0.25) is 18.7 Å². The van der Waals surface area contributed by atoms with Crippen LogP contribution in [0.4, 0.5) is 0 Å². The lowest BCUT2D eigenvalue weighted by Gasteiger charge is -2.04. The van der Waals surface area contributed by atoms with E-state index in [-0.39, 0.29) is 5.56 Å². The summed E-state index contributed by atoms with van der Waals surface area (Å²) in [4.78, 5) is 16.5. The van der Waals surface area contributed by atoms with Crippen LogP contribution in [0.25, 0.3) is 11.0 Å². The fourth-order valence-corrected chi connectivity index (χ4v) is 2.28. The number of aromatic nitrogens is 6. The third kappa shape index (κ3) is 2.22. The Labute approximate surface area is 115 Å². The Hall–Kier alpha value is -2.44. The van der Waals surface area contributed by atoms with Crippen molar-refractivity contribution in [1.82, 2.24) is 29.1 Å². The summed E-state index contributed by atoms with van der Waals surface area (Å²) >= 11 is 0. The van der Waals surface area contributed by atoms with Gasteiger partial charge in [-0.2, -0.15) is 10.2 Å². The van der Waals surface area contributed by atoms with Crippen molar-refractivity contribution in [2.75, 3.05) is 0 Å². The number of hydrogen-bond acceptors (Lipinski definition) is 4. The molecule has 0 aliphatic heterocycles. The van der Waals surface area contributed by atoms with E-state index in [1.807, 2.05) is 19.4 Å². The number of nitrogens with zero attached hydrogens (tertiary/aromatic N) is 6. The zero-order valence-electron chi connectivity index (χ0n) is 11.5. The largest absolute Gasteiger partial charge is 0.299 e. The van der Waals surface area contributed by atoms with Gasteiger partial charge in [0.2, 0.25) is 0 Å². The maximum Gasteiger partial charge on any atom is 0.264 e. The Kier molecular flexibility index (Phi) is 3.09. The highest BCUT2D eigenvalue weighted by molar-refractivity contribution is 5.72. The van der Waals surface area contributed by atoms with Gasteiger partial charge in [0.05, 0.1) is 18.7 Å². The van der Waals surface area contributed by atoms with Gasteiger partial charge in [0, 0.05) is 26.8 Å². The normalized spacial score (nSPS) is 11.3. The summed E-state index contributed by atoms with van der Waals surface area (Å²) in [6, 6.07) is 0. The highest BCUT2D eigenvalue weighted by Gasteiger charge is 2.07. The molecule has 20 heavy (non-hydrogen) atoms. The second kappa shape index (κ2) is 4.92. The highest BCUT2D eigenvalue weighted by Crippen LogP contribution is 2.05. The second-order valence-electron chi connectivity index (χ2n) is 4.87. The molecule has 0 radical (unpaired) electrons. The molecule has 7 nitrogen and oxygen atoms in total. The van der Waals surface area contributed by atoms with Gasteiger partial charge in [-0.15, -0.1) is 0 Å². The molecule has 0 aliphatic carbocycles. The van der Waals surface area contributed by atoms with Crippen LogP contribution in [-0.4, -0.2) is 29.1 Å². The van der Waals surface area contributed by atoms with E-state index < -0.39 is 0 Å². The second-order valence-corrected chi connectivity index (χ2v) is 4.87.